The third-order valence-electron chi connectivity index (χ3n) is 2.82. The van der Waals surface area contributed by atoms with Gasteiger partial charge in [-0.3, -0.25) is 4.79 Å². The molecule has 0 unspecified atom stereocenters. The fraction of sp³-hybridized carbons (Fsp3) is 0.364. The molecule has 1 aromatic carbocycles. The lowest BCUT2D eigenvalue weighted by Gasteiger charge is -2.13. The number of hydrogen-bond acceptors (Lipinski definition) is 2. The minimum atomic E-state index is -0.0997. The standard InChI is InChI=1S/C11H12O2/c12-7-9-3-1-2-4-10(9)11(8-13)5-6-11/h1-4,7,13H,5-6,8H2. The molecule has 0 saturated heterocycles. The molecule has 0 spiro atoms. The Morgan fingerprint density at radius 3 is 2.62 bits per heavy atom. The molecule has 2 nitrogen and oxygen atoms in total. The Bertz CT molecular complexity index is 327. The molecule has 1 aliphatic rings. The van der Waals surface area contributed by atoms with Crippen LogP contribution in [0.5, 0.6) is 0 Å². The van der Waals surface area contributed by atoms with Gasteiger partial charge in [0.1, 0.15) is 6.29 Å². The van der Waals surface area contributed by atoms with Crippen molar-refractivity contribution in [2.75, 3.05) is 6.61 Å². The second-order valence-corrected chi connectivity index (χ2v) is 3.64. The first-order chi connectivity index (χ1) is 6.32. The predicted octanol–water partition coefficient (Wildman–Crippen LogP) is 1.52. The lowest BCUT2D eigenvalue weighted by Crippen LogP contribution is -2.14. The van der Waals surface area contributed by atoms with E-state index < -0.39 is 0 Å². The van der Waals surface area contributed by atoms with Gasteiger partial charge in [0.15, 0.2) is 0 Å². The molecule has 0 aromatic heterocycles. The maximum atomic E-state index is 10.7. The summed E-state index contributed by atoms with van der Waals surface area (Å²) in [6, 6.07) is 7.50. The number of rotatable bonds is 3. The minimum Gasteiger partial charge on any atom is -0.395 e. The molecule has 0 heterocycles. The average Bonchev–Trinajstić information content (AvgIpc) is 2.98. The molecular weight excluding hydrogens is 164 g/mol. The Labute approximate surface area is 77.2 Å². The highest BCUT2D eigenvalue weighted by molar-refractivity contribution is 5.78. The smallest absolute Gasteiger partial charge is 0.150 e. The summed E-state index contributed by atoms with van der Waals surface area (Å²) in [5.74, 6) is 0. The molecule has 68 valence electrons. The van der Waals surface area contributed by atoms with Crippen molar-refractivity contribution >= 4 is 6.29 Å². The van der Waals surface area contributed by atoms with E-state index in [9.17, 15) is 9.90 Å². The Morgan fingerprint density at radius 2 is 2.08 bits per heavy atom. The molecule has 1 fully saturated rings. The molecule has 0 radical (unpaired) electrons. The van der Waals surface area contributed by atoms with Crippen molar-refractivity contribution in [2.24, 2.45) is 0 Å². The van der Waals surface area contributed by atoms with Gasteiger partial charge in [0.05, 0.1) is 6.61 Å². The molecule has 0 amide bonds. The summed E-state index contributed by atoms with van der Waals surface area (Å²) in [5, 5.41) is 9.21. The van der Waals surface area contributed by atoms with Crippen LogP contribution in [0.3, 0.4) is 0 Å². The number of hydrogen-bond donors (Lipinski definition) is 1. The van der Waals surface area contributed by atoms with Crippen LogP contribution < -0.4 is 0 Å². The van der Waals surface area contributed by atoms with Crippen molar-refractivity contribution in [2.45, 2.75) is 18.3 Å². The molecular formula is C11H12O2. The highest BCUT2D eigenvalue weighted by Crippen LogP contribution is 2.48. The van der Waals surface area contributed by atoms with Crippen LogP contribution in [-0.4, -0.2) is 18.0 Å². The molecule has 1 N–H and O–H groups in total. The number of aldehydes is 1. The highest BCUT2D eigenvalue weighted by atomic mass is 16.3. The minimum absolute atomic E-state index is 0.0997. The van der Waals surface area contributed by atoms with E-state index in [0.29, 0.717) is 5.56 Å². The Kier molecular flexibility index (Phi) is 1.93. The van der Waals surface area contributed by atoms with Crippen LogP contribution in [0.25, 0.3) is 0 Å². The summed E-state index contributed by atoms with van der Waals surface area (Å²) in [4.78, 5) is 10.7. The summed E-state index contributed by atoms with van der Waals surface area (Å²) >= 11 is 0. The molecule has 2 heteroatoms. The third-order valence-corrected chi connectivity index (χ3v) is 2.82. The van der Waals surface area contributed by atoms with Crippen LogP contribution in [0.1, 0.15) is 28.8 Å². The largest absolute Gasteiger partial charge is 0.395 e. The van der Waals surface area contributed by atoms with E-state index in [4.69, 9.17) is 0 Å². The first-order valence-electron chi connectivity index (χ1n) is 4.48. The Balaban J connectivity index is 2.44. The lowest BCUT2D eigenvalue weighted by molar-refractivity contribution is 0.112. The first-order valence-corrected chi connectivity index (χ1v) is 4.48. The Morgan fingerprint density at radius 1 is 1.38 bits per heavy atom. The van der Waals surface area contributed by atoms with Crippen molar-refractivity contribution in [3.8, 4) is 0 Å². The van der Waals surface area contributed by atoms with E-state index in [1.165, 1.54) is 0 Å². The Hall–Kier alpha value is -1.15. The van der Waals surface area contributed by atoms with Crippen LogP contribution in [-0.2, 0) is 5.41 Å². The van der Waals surface area contributed by atoms with E-state index in [-0.39, 0.29) is 12.0 Å². The van der Waals surface area contributed by atoms with E-state index in [2.05, 4.69) is 0 Å². The van der Waals surface area contributed by atoms with Gasteiger partial charge >= 0.3 is 0 Å². The first kappa shape index (κ1) is 8.45. The molecule has 1 saturated carbocycles. The fourth-order valence-electron chi connectivity index (χ4n) is 1.75. The van der Waals surface area contributed by atoms with Gasteiger partial charge in [-0.15, -0.1) is 0 Å². The van der Waals surface area contributed by atoms with Gasteiger partial charge in [-0.1, -0.05) is 24.3 Å². The molecule has 1 aliphatic carbocycles. The zero-order valence-electron chi connectivity index (χ0n) is 7.36. The van der Waals surface area contributed by atoms with Crippen LogP contribution in [0, 0.1) is 0 Å². The van der Waals surface area contributed by atoms with Crippen molar-refractivity contribution in [3.05, 3.63) is 35.4 Å². The summed E-state index contributed by atoms with van der Waals surface area (Å²) in [5.41, 5.74) is 1.62. The number of benzene rings is 1. The molecule has 13 heavy (non-hydrogen) atoms. The summed E-state index contributed by atoms with van der Waals surface area (Å²) in [7, 11) is 0. The summed E-state index contributed by atoms with van der Waals surface area (Å²) in [6.45, 7) is 0.151. The molecule has 0 atom stereocenters. The number of carbonyl (C=O) groups excluding carboxylic acids is 1. The van der Waals surface area contributed by atoms with Gasteiger partial charge in [-0.2, -0.15) is 0 Å². The zero-order valence-corrected chi connectivity index (χ0v) is 7.36. The SMILES string of the molecule is O=Cc1ccccc1C1(CO)CC1. The summed E-state index contributed by atoms with van der Waals surface area (Å²) < 4.78 is 0. The second-order valence-electron chi connectivity index (χ2n) is 3.64. The van der Waals surface area contributed by atoms with E-state index in [1.807, 2.05) is 18.2 Å². The van der Waals surface area contributed by atoms with Gasteiger partial charge in [-0.05, 0) is 18.4 Å². The maximum absolute atomic E-state index is 10.7. The van der Waals surface area contributed by atoms with Gasteiger partial charge in [0.25, 0.3) is 0 Å². The quantitative estimate of drug-likeness (QED) is 0.709. The van der Waals surface area contributed by atoms with Crippen molar-refractivity contribution < 1.29 is 9.90 Å². The van der Waals surface area contributed by atoms with Gasteiger partial charge in [0.2, 0.25) is 0 Å². The molecule has 0 bridgehead atoms. The van der Waals surface area contributed by atoms with Crippen molar-refractivity contribution in [3.63, 3.8) is 0 Å². The van der Waals surface area contributed by atoms with Crippen LogP contribution in [0.2, 0.25) is 0 Å². The van der Waals surface area contributed by atoms with Crippen LogP contribution >= 0.6 is 0 Å². The average molecular weight is 176 g/mol. The van der Waals surface area contributed by atoms with Crippen molar-refractivity contribution in [1.82, 2.24) is 0 Å². The molecule has 2 rings (SSSR count). The van der Waals surface area contributed by atoms with Crippen molar-refractivity contribution in [1.29, 1.82) is 0 Å². The van der Waals surface area contributed by atoms with Gasteiger partial charge in [-0.25, -0.2) is 0 Å². The van der Waals surface area contributed by atoms with Gasteiger partial charge < -0.3 is 5.11 Å². The molecule has 1 aromatic rings. The zero-order chi connectivity index (χ0) is 9.31. The number of aliphatic hydroxyl groups is 1. The van der Waals surface area contributed by atoms with Crippen LogP contribution in [0.4, 0.5) is 0 Å². The van der Waals surface area contributed by atoms with Gasteiger partial charge in [0, 0.05) is 11.0 Å². The van der Waals surface area contributed by atoms with Crippen LogP contribution in [0.15, 0.2) is 24.3 Å². The van der Waals surface area contributed by atoms with E-state index in [0.717, 1.165) is 24.7 Å². The monoisotopic (exact) mass is 176 g/mol. The normalized spacial score (nSPS) is 18.2. The topological polar surface area (TPSA) is 37.3 Å². The molecule has 0 aliphatic heterocycles. The predicted molar refractivity (Wildman–Crippen MR) is 49.8 cm³/mol. The van der Waals surface area contributed by atoms with E-state index in [1.54, 1.807) is 6.07 Å². The maximum Gasteiger partial charge on any atom is 0.150 e. The number of carbonyl (C=O) groups is 1. The summed E-state index contributed by atoms with van der Waals surface area (Å²) in [6.07, 6.45) is 2.85. The number of aliphatic hydroxyl groups excluding tert-OH is 1. The fourth-order valence-corrected chi connectivity index (χ4v) is 1.75. The second kappa shape index (κ2) is 2.96. The highest BCUT2D eigenvalue weighted by Gasteiger charge is 2.44. The lowest BCUT2D eigenvalue weighted by atomic mass is 9.93. The van der Waals surface area contributed by atoms with E-state index >= 15 is 0 Å². The third kappa shape index (κ3) is 1.27.